The molecule has 98 heavy (non-hydrogen) atoms. The normalized spacial score (nSPS) is 12.3. The fourth-order valence-corrected chi connectivity index (χ4v) is 3.52. The number of rotatable bonds is 14. The number of hydrogen-bond acceptors (Lipinski definition) is 14. The molecule has 0 aromatic rings. The standard InChI is InChI=1S/7C10H21NO.7C2H6/c1-9(2,3)7-12-8-11-10(4,5)6;1-9(2,3)7-11-8-12-10(4,5)6;1-9(2,3)7-11-12-8-10(4,5)6;2*1-9(2,3)11-7-8-12-10(4,5)6;1-9(2,3)7-8-12-11-10(4,5)6;1-9(2,3)7-8-11-12-10(4,5)6;7*1-2/h8H,7H2,1-6H3;3*7H,8H2,1-6H3;3*7-8,11H,1-6H3;7*1-2H3/b;;11-7-;;3*8-7-;;;;;;;. The van der Waals surface area contributed by atoms with E-state index in [1.807, 2.05) is 238 Å². The molecule has 602 valence electrons. The van der Waals surface area contributed by atoms with Crippen LogP contribution in [-0.2, 0) is 33.5 Å². The van der Waals surface area contributed by atoms with Gasteiger partial charge in [-0.3, -0.25) is 25.3 Å². The van der Waals surface area contributed by atoms with E-state index in [-0.39, 0.29) is 77.0 Å². The second kappa shape index (κ2) is 68.0. The summed E-state index contributed by atoms with van der Waals surface area (Å²) in [7, 11) is 0. The van der Waals surface area contributed by atoms with Crippen molar-refractivity contribution in [3.8, 4) is 0 Å². The molecular weight excluding hydrogens is 1220 g/mol. The molecule has 14 nitrogen and oxygen atoms in total. The molecule has 0 fully saturated rings. The smallest absolute Gasteiger partial charge is 0.169 e. The van der Waals surface area contributed by atoms with Crippen molar-refractivity contribution in [1.29, 1.82) is 0 Å². The number of nitrogens with one attached hydrogen (secondary N) is 3. The Labute approximate surface area is 620 Å². The molecule has 14 heteroatoms. The van der Waals surface area contributed by atoms with Crippen LogP contribution >= 0.6 is 0 Å². The van der Waals surface area contributed by atoms with Gasteiger partial charge in [0.1, 0.15) is 19.6 Å². The highest BCUT2D eigenvalue weighted by Crippen LogP contribution is 2.18. The van der Waals surface area contributed by atoms with Crippen molar-refractivity contribution in [3.05, 3.63) is 37.1 Å². The van der Waals surface area contributed by atoms with E-state index in [0.717, 1.165) is 0 Å². The molecule has 0 heterocycles. The lowest BCUT2D eigenvalue weighted by Gasteiger charge is -2.20. The van der Waals surface area contributed by atoms with Gasteiger partial charge in [-0.15, -0.1) is 0 Å². The lowest BCUT2D eigenvalue weighted by molar-refractivity contribution is -0.0524. The quantitative estimate of drug-likeness (QED) is 0.0664. The molecule has 0 aliphatic carbocycles. The van der Waals surface area contributed by atoms with Crippen LogP contribution < -0.4 is 16.3 Å². The van der Waals surface area contributed by atoms with Crippen molar-refractivity contribution in [2.45, 2.75) is 432 Å². The monoisotopic (exact) mass is 1410 g/mol. The maximum atomic E-state index is 5.48. The van der Waals surface area contributed by atoms with Crippen LogP contribution in [0.4, 0.5) is 0 Å². The molecule has 0 atom stereocenters. The summed E-state index contributed by atoms with van der Waals surface area (Å²) in [5.74, 6) is 0. The molecule has 0 aliphatic rings. The summed E-state index contributed by atoms with van der Waals surface area (Å²) < 4.78 is 21.6. The highest BCUT2D eigenvalue weighted by Gasteiger charge is 2.15. The van der Waals surface area contributed by atoms with Crippen molar-refractivity contribution < 1.29 is 33.5 Å². The van der Waals surface area contributed by atoms with Gasteiger partial charge < -0.3 is 33.9 Å². The molecule has 0 spiro atoms. The zero-order valence-electron chi connectivity index (χ0n) is 77.7. The van der Waals surface area contributed by atoms with E-state index in [1.54, 1.807) is 18.9 Å². The molecule has 0 saturated heterocycles. The maximum absolute atomic E-state index is 5.48. The van der Waals surface area contributed by atoms with E-state index in [9.17, 15) is 0 Å². The van der Waals surface area contributed by atoms with Crippen LogP contribution in [0.2, 0.25) is 0 Å². The van der Waals surface area contributed by atoms with E-state index in [0.29, 0.717) is 26.6 Å². The van der Waals surface area contributed by atoms with Gasteiger partial charge in [0.05, 0.1) is 53.0 Å². The summed E-state index contributed by atoms with van der Waals surface area (Å²) in [4.78, 5) is 28.3. The Morgan fingerprint density at radius 2 is 0.735 bits per heavy atom. The van der Waals surface area contributed by atoms with Gasteiger partial charge in [0.2, 0.25) is 0 Å². The van der Waals surface area contributed by atoms with Gasteiger partial charge >= 0.3 is 0 Å². The number of ether oxygens (including phenoxy) is 4. The van der Waals surface area contributed by atoms with Gasteiger partial charge in [-0.1, -0.05) is 233 Å². The molecule has 0 aromatic carbocycles. The number of hydroxylamine groups is 2. The highest BCUT2D eigenvalue weighted by atomic mass is 16.7. The van der Waals surface area contributed by atoms with E-state index < -0.39 is 0 Å². The molecule has 0 bridgehead atoms. The van der Waals surface area contributed by atoms with E-state index >= 15 is 0 Å². The lowest BCUT2D eigenvalue weighted by atomic mass is 9.97. The predicted octanol–water partition coefficient (Wildman–Crippen LogP) is 27.1. The summed E-state index contributed by atoms with van der Waals surface area (Å²) in [6.07, 6.45) is 18.3. The van der Waals surface area contributed by atoms with Crippen LogP contribution in [0.25, 0.3) is 0 Å². The second-order valence-corrected chi connectivity index (χ2v) is 35.8. The Morgan fingerprint density at radius 3 is 1.02 bits per heavy atom. The van der Waals surface area contributed by atoms with Crippen molar-refractivity contribution in [1.82, 2.24) is 16.3 Å². The third-order valence-electron chi connectivity index (χ3n) is 7.19. The van der Waals surface area contributed by atoms with Gasteiger partial charge in [-0.25, -0.2) is 0 Å². The van der Waals surface area contributed by atoms with Gasteiger partial charge in [0.15, 0.2) is 6.40 Å². The largest absolute Gasteiger partial charge is 0.494 e. The van der Waals surface area contributed by atoms with Crippen LogP contribution in [0.1, 0.15) is 388 Å². The summed E-state index contributed by atoms with van der Waals surface area (Å²) in [5.41, 5.74) is 6.46. The summed E-state index contributed by atoms with van der Waals surface area (Å²) in [5, 5.41) is 7.09. The first-order chi connectivity index (χ1) is 43.4. The molecule has 0 amide bonds. The van der Waals surface area contributed by atoms with Crippen LogP contribution in [0, 0.1) is 32.5 Å². The van der Waals surface area contributed by atoms with Crippen molar-refractivity contribution in [3.63, 3.8) is 0 Å². The van der Waals surface area contributed by atoms with Crippen molar-refractivity contribution >= 4 is 25.0 Å². The van der Waals surface area contributed by atoms with Crippen molar-refractivity contribution in [2.75, 3.05) is 26.6 Å². The van der Waals surface area contributed by atoms with E-state index in [1.165, 1.54) is 0 Å². The predicted molar refractivity (Wildman–Crippen MR) is 452 cm³/mol. The minimum absolute atomic E-state index is 0.00221. The summed E-state index contributed by atoms with van der Waals surface area (Å²) >= 11 is 0. The maximum Gasteiger partial charge on any atom is 0.169 e. The molecule has 0 radical (unpaired) electrons. The average Bonchev–Trinajstić information content (AvgIpc) is 1.25. The fraction of sp³-hybridized carbons (Fsp3) is 0.881. The van der Waals surface area contributed by atoms with Gasteiger partial charge in [-0.05, 0) is 199 Å². The minimum Gasteiger partial charge on any atom is -0.494 e. The van der Waals surface area contributed by atoms with Crippen LogP contribution in [0.3, 0.4) is 0 Å². The number of hydrogen-bond donors (Lipinski definition) is 3. The van der Waals surface area contributed by atoms with Crippen LogP contribution in [0.5, 0.6) is 0 Å². The topological polar surface area (TPSA) is 150 Å². The number of allylic oxidation sites excluding steroid dienone is 2. The third-order valence-corrected chi connectivity index (χ3v) is 7.19. The Balaban J connectivity index is -0.0000000678. The first kappa shape index (κ1) is 128. The Bertz CT molecular complexity index is 1470. The summed E-state index contributed by atoms with van der Waals surface area (Å²) in [6, 6.07) is 0. The molecule has 0 saturated carbocycles. The minimum atomic E-state index is -0.137. The Morgan fingerprint density at radius 1 is 0.357 bits per heavy atom. The van der Waals surface area contributed by atoms with Gasteiger partial charge in [0, 0.05) is 47.5 Å². The zero-order chi connectivity index (χ0) is 82.8. The first-order valence-electron chi connectivity index (χ1n) is 37.4. The van der Waals surface area contributed by atoms with Crippen LogP contribution in [-0.4, -0.2) is 96.2 Å². The lowest BCUT2D eigenvalue weighted by Crippen LogP contribution is -2.34. The molecule has 0 aromatic heterocycles. The highest BCUT2D eigenvalue weighted by molar-refractivity contribution is 5.64. The first-order valence-corrected chi connectivity index (χ1v) is 37.4. The fourth-order valence-electron chi connectivity index (χ4n) is 3.52. The van der Waals surface area contributed by atoms with Crippen LogP contribution in [0.15, 0.2) is 57.2 Å². The van der Waals surface area contributed by atoms with E-state index in [2.05, 4.69) is 229 Å². The Hall–Kier alpha value is -3.46. The molecule has 3 N–H and O–H groups in total. The average molecular weight is 1410 g/mol. The summed E-state index contributed by atoms with van der Waals surface area (Å²) in [6.45, 7) is 118. The molecule has 0 aliphatic heterocycles. The number of oxime groups is 1. The Kier molecular flexibility index (Phi) is 88.5. The molecule has 0 unspecified atom stereocenters. The second-order valence-electron chi connectivity index (χ2n) is 35.8. The zero-order valence-corrected chi connectivity index (χ0v) is 77.7. The number of nitrogens with zero attached hydrogens (tertiary/aromatic N) is 4. The van der Waals surface area contributed by atoms with E-state index in [4.69, 9.17) is 33.5 Å². The van der Waals surface area contributed by atoms with Crippen molar-refractivity contribution in [2.24, 2.45) is 52.6 Å². The third kappa shape index (κ3) is 219. The van der Waals surface area contributed by atoms with Gasteiger partial charge in [-0.2, -0.15) is 5.48 Å². The molecular formula is C84H189N7O7. The van der Waals surface area contributed by atoms with Gasteiger partial charge in [0.25, 0.3) is 0 Å². The number of aliphatic imine (C=N–C) groups is 3. The molecule has 0 rings (SSSR count). The SMILES string of the molecule is CC.CC.CC.CC.CC.CC.CC.CC(C)(C)/C=C\NOC(C)(C)C.CC(C)(C)/C=C\ONC(C)(C)C.CC(C)(C)/C=N\OCC(C)(C)C.CC(C)(C)C=NCOC(C)(C)C.CC(C)(C)COC=NC(C)(C)C.CC(C)(C)N/C=C\OC(C)(C)C.CC(C)(C)N=CCOC(C)(C)C.